The third kappa shape index (κ3) is 4.98. The van der Waals surface area contributed by atoms with Crippen LogP contribution in [0.15, 0.2) is 48.5 Å². The van der Waals surface area contributed by atoms with E-state index in [1.807, 2.05) is 24.3 Å². The molecule has 2 aromatic rings. The molecule has 2 rings (SSSR count). The van der Waals surface area contributed by atoms with Crippen molar-refractivity contribution >= 4 is 29.0 Å². The van der Waals surface area contributed by atoms with E-state index in [4.69, 9.17) is 11.6 Å². The van der Waals surface area contributed by atoms with Crippen LogP contribution in [0.4, 0.5) is 5.69 Å². The van der Waals surface area contributed by atoms with Gasteiger partial charge in [0.2, 0.25) is 5.91 Å². The van der Waals surface area contributed by atoms with Crippen LogP contribution in [0.3, 0.4) is 0 Å². The van der Waals surface area contributed by atoms with Gasteiger partial charge in [0.15, 0.2) is 5.78 Å². The molecule has 0 unspecified atom stereocenters. The van der Waals surface area contributed by atoms with Crippen LogP contribution >= 0.6 is 11.6 Å². The lowest BCUT2D eigenvalue weighted by molar-refractivity contribution is -0.115. The second-order valence-electron chi connectivity index (χ2n) is 4.91. The van der Waals surface area contributed by atoms with E-state index in [0.717, 1.165) is 5.56 Å². The smallest absolute Gasteiger partial charge is 0.238 e. The highest BCUT2D eigenvalue weighted by atomic mass is 35.5. The fraction of sp³-hybridized carbons (Fsp3) is 0.176. The molecule has 114 valence electrons. The minimum absolute atomic E-state index is 0.00232. The number of ketones is 1. The molecule has 0 heterocycles. The molecular formula is C17H17ClN2O2. The Morgan fingerprint density at radius 2 is 1.64 bits per heavy atom. The number of amides is 1. The number of nitrogens with one attached hydrogen (secondary N) is 2. The molecule has 0 saturated carbocycles. The summed E-state index contributed by atoms with van der Waals surface area (Å²) in [6, 6.07) is 14.3. The van der Waals surface area contributed by atoms with Gasteiger partial charge in [0, 0.05) is 22.8 Å². The summed E-state index contributed by atoms with van der Waals surface area (Å²) >= 11 is 5.81. The number of carbonyl (C=O) groups excluding carboxylic acids is 2. The molecule has 4 nitrogen and oxygen atoms in total. The Hall–Kier alpha value is -2.17. The topological polar surface area (TPSA) is 58.2 Å². The predicted molar refractivity (Wildman–Crippen MR) is 88.2 cm³/mol. The highest BCUT2D eigenvalue weighted by molar-refractivity contribution is 6.30. The second kappa shape index (κ2) is 7.73. The van der Waals surface area contributed by atoms with Crippen LogP contribution in [0.5, 0.6) is 0 Å². The van der Waals surface area contributed by atoms with Crippen molar-refractivity contribution in [2.24, 2.45) is 0 Å². The van der Waals surface area contributed by atoms with E-state index in [1.54, 1.807) is 24.3 Å². The largest absolute Gasteiger partial charge is 0.325 e. The Morgan fingerprint density at radius 3 is 2.23 bits per heavy atom. The molecule has 0 atom stereocenters. The zero-order valence-corrected chi connectivity index (χ0v) is 13.0. The lowest BCUT2D eigenvalue weighted by atomic mass is 10.1. The van der Waals surface area contributed by atoms with Gasteiger partial charge in [-0.05, 0) is 48.9 Å². The number of benzene rings is 2. The summed E-state index contributed by atoms with van der Waals surface area (Å²) in [4.78, 5) is 23.0. The van der Waals surface area contributed by atoms with Crippen molar-refractivity contribution in [3.05, 3.63) is 64.7 Å². The highest BCUT2D eigenvalue weighted by Gasteiger charge is 2.03. The number of Topliss-reactive ketones (excluding diaryl/α,β-unsaturated/α-hetero) is 1. The standard InChI is InChI=1S/C17H17ClN2O2/c1-12(21)14-4-8-16(9-5-14)20-17(22)11-19-10-13-2-6-15(18)7-3-13/h2-9,19H,10-11H2,1H3,(H,20,22). The summed E-state index contributed by atoms with van der Waals surface area (Å²) in [5.41, 5.74) is 2.35. The van der Waals surface area contributed by atoms with E-state index in [0.29, 0.717) is 22.8 Å². The molecule has 2 aromatic carbocycles. The van der Waals surface area contributed by atoms with Gasteiger partial charge < -0.3 is 10.6 Å². The molecule has 0 aliphatic heterocycles. The van der Waals surface area contributed by atoms with E-state index in [1.165, 1.54) is 6.92 Å². The molecule has 22 heavy (non-hydrogen) atoms. The summed E-state index contributed by atoms with van der Waals surface area (Å²) in [5.74, 6) is -0.132. The van der Waals surface area contributed by atoms with Crippen molar-refractivity contribution in [2.45, 2.75) is 13.5 Å². The molecule has 0 aliphatic rings. The first-order valence-corrected chi connectivity index (χ1v) is 7.28. The Bertz CT molecular complexity index is 651. The molecule has 0 bridgehead atoms. The number of hydrogen-bond donors (Lipinski definition) is 2. The quantitative estimate of drug-likeness (QED) is 0.804. The SMILES string of the molecule is CC(=O)c1ccc(NC(=O)CNCc2ccc(Cl)cc2)cc1. The van der Waals surface area contributed by atoms with Gasteiger partial charge >= 0.3 is 0 Å². The average molecular weight is 317 g/mol. The zero-order valence-electron chi connectivity index (χ0n) is 12.2. The Kier molecular flexibility index (Phi) is 5.69. The van der Waals surface area contributed by atoms with E-state index in [9.17, 15) is 9.59 Å². The first-order valence-electron chi connectivity index (χ1n) is 6.90. The lowest BCUT2D eigenvalue weighted by Crippen LogP contribution is -2.27. The van der Waals surface area contributed by atoms with Crippen molar-refractivity contribution in [2.75, 3.05) is 11.9 Å². The zero-order chi connectivity index (χ0) is 15.9. The molecule has 0 saturated heterocycles. The van der Waals surface area contributed by atoms with Crippen molar-refractivity contribution in [1.29, 1.82) is 0 Å². The third-order valence-corrected chi connectivity index (χ3v) is 3.36. The van der Waals surface area contributed by atoms with E-state index >= 15 is 0 Å². The summed E-state index contributed by atoms with van der Waals surface area (Å²) in [7, 11) is 0. The molecule has 0 aromatic heterocycles. The second-order valence-corrected chi connectivity index (χ2v) is 5.35. The average Bonchev–Trinajstić information content (AvgIpc) is 2.50. The van der Waals surface area contributed by atoms with Gasteiger partial charge in [0.1, 0.15) is 0 Å². The normalized spacial score (nSPS) is 10.3. The number of carbonyl (C=O) groups is 2. The first kappa shape index (κ1) is 16.2. The van der Waals surface area contributed by atoms with Gasteiger partial charge in [0.25, 0.3) is 0 Å². The van der Waals surface area contributed by atoms with Crippen molar-refractivity contribution in [3.63, 3.8) is 0 Å². The molecule has 0 aliphatic carbocycles. The van der Waals surface area contributed by atoms with Crippen LogP contribution < -0.4 is 10.6 Å². The van der Waals surface area contributed by atoms with Gasteiger partial charge in [-0.3, -0.25) is 9.59 Å². The summed E-state index contributed by atoms with van der Waals surface area (Å²) in [6.07, 6.45) is 0. The number of halogens is 1. The van der Waals surface area contributed by atoms with Crippen LogP contribution in [0, 0.1) is 0 Å². The van der Waals surface area contributed by atoms with E-state index < -0.39 is 0 Å². The van der Waals surface area contributed by atoms with Crippen molar-refractivity contribution < 1.29 is 9.59 Å². The van der Waals surface area contributed by atoms with Crippen LogP contribution in [0.25, 0.3) is 0 Å². The maximum Gasteiger partial charge on any atom is 0.238 e. The van der Waals surface area contributed by atoms with Crippen LogP contribution in [0.2, 0.25) is 5.02 Å². The summed E-state index contributed by atoms with van der Waals surface area (Å²) in [6.45, 7) is 2.30. The number of hydrogen-bond acceptors (Lipinski definition) is 3. The predicted octanol–water partition coefficient (Wildman–Crippen LogP) is 3.27. The molecule has 0 fully saturated rings. The van der Waals surface area contributed by atoms with Gasteiger partial charge in [-0.2, -0.15) is 0 Å². The Labute approximate surface area is 134 Å². The van der Waals surface area contributed by atoms with Crippen molar-refractivity contribution in [1.82, 2.24) is 5.32 Å². The summed E-state index contributed by atoms with van der Waals surface area (Å²) in [5, 5.41) is 6.52. The lowest BCUT2D eigenvalue weighted by Gasteiger charge is -2.07. The number of rotatable bonds is 6. The number of anilines is 1. The van der Waals surface area contributed by atoms with Gasteiger partial charge in [-0.25, -0.2) is 0 Å². The van der Waals surface area contributed by atoms with Crippen molar-refractivity contribution in [3.8, 4) is 0 Å². The fourth-order valence-corrected chi connectivity index (χ4v) is 2.04. The monoisotopic (exact) mass is 316 g/mol. The summed E-state index contributed by atoms with van der Waals surface area (Å²) < 4.78 is 0. The molecular weight excluding hydrogens is 300 g/mol. The van der Waals surface area contributed by atoms with Gasteiger partial charge in [0.05, 0.1) is 6.54 Å². The van der Waals surface area contributed by atoms with Crippen LogP contribution in [-0.2, 0) is 11.3 Å². The van der Waals surface area contributed by atoms with Crippen LogP contribution in [0.1, 0.15) is 22.8 Å². The molecule has 0 spiro atoms. The van der Waals surface area contributed by atoms with Crippen LogP contribution in [-0.4, -0.2) is 18.2 Å². The fourth-order valence-electron chi connectivity index (χ4n) is 1.92. The maximum atomic E-state index is 11.8. The third-order valence-electron chi connectivity index (χ3n) is 3.10. The Morgan fingerprint density at radius 1 is 1.00 bits per heavy atom. The maximum absolute atomic E-state index is 11.8. The minimum atomic E-state index is -0.135. The first-order chi connectivity index (χ1) is 10.5. The molecule has 0 radical (unpaired) electrons. The molecule has 5 heteroatoms. The van der Waals surface area contributed by atoms with E-state index in [2.05, 4.69) is 10.6 Å². The molecule has 2 N–H and O–H groups in total. The highest BCUT2D eigenvalue weighted by Crippen LogP contribution is 2.10. The Balaban J connectivity index is 1.77. The molecule has 1 amide bonds. The minimum Gasteiger partial charge on any atom is -0.325 e. The van der Waals surface area contributed by atoms with Gasteiger partial charge in [-0.1, -0.05) is 23.7 Å². The van der Waals surface area contributed by atoms with Gasteiger partial charge in [-0.15, -0.1) is 0 Å². The van der Waals surface area contributed by atoms with E-state index in [-0.39, 0.29) is 18.2 Å².